The standard InChI is InChI=1S/C24H36O.C19H18N2.C18H16N2.C17H16N2S.C16H14N2S/c1-15-7-11-20-18-8-9-19-16(17(18)13-14-24(15,20)5)10-12-21(25-6)22(19)23(2,3)4;1-14-6-5-7-18(21-14)9-8-15-10-16(13-20)12-17(11-15)19(2,3)4;1-18(2,3)16-11-14(10-15(12-16)13-19)7-8-17-6-4-5-9-20-17;1-12-19-16(11-20-12)6-5-13-7-14(10-18)9-15(8-13)17(2,3)4;1-16(2,3)14-7-12(6-13(8-14)9-17)4-5-15-10-19-11-18-15/h10,12,15,17-18,20H,7-9,11,13-14H2,1-6H3;5-7,10-12H,1-4H3;4-6,9-12H,1-3H3;7-9,11H,1-4H3;6-8,10-11H,1-3H3/t15-,17?,18?,20?,24+;;;;/m0..../s1. The zero-order valence-corrected chi connectivity index (χ0v) is 66.8. The first-order chi connectivity index (χ1) is 49.5. The molecule has 0 amide bonds. The van der Waals surface area contributed by atoms with Crippen LogP contribution in [0.3, 0.4) is 0 Å². The van der Waals surface area contributed by atoms with Crippen LogP contribution in [0.1, 0.15) is 273 Å². The average Bonchev–Trinajstić information content (AvgIpc) is 1.65. The summed E-state index contributed by atoms with van der Waals surface area (Å²) in [5.74, 6) is 29.2. The van der Waals surface area contributed by atoms with E-state index in [0.717, 1.165) is 107 Å². The molecule has 0 spiro atoms. The summed E-state index contributed by atoms with van der Waals surface area (Å²) in [6.45, 7) is 41.6. The van der Waals surface area contributed by atoms with Crippen molar-refractivity contribution in [3.05, 3.63) is 261 Å². The number of benzene rings is 5. The number of thiazole rings is 2. The molecule has 9 nitrogen and oxygen atoms in total. The number of fused-ring (bicyclic) bond motifs is 5. The Hall–Kier alpha value is -10.3. The number of hydrogen-bond donors (Lipinski definition) is 0. The lowest BCUT2D eigenvalue weighted by atomic mass is 9.54. The maximum absolute atomic E-state index is 9.16. The molecule has 0 N–H and O–H groups in total. The number of aryl methyl sites for hydroxylation is 2. The molecule has 3 aliphatic carbocycles. The lowest BCUT2D eigenvalue weighted by Crippen LogP contribution is -2.42. The third-order valence-electron chi connectivity index (χ3n) is 20.0. The van der Waals surface area contributed by atoms with E-state index in [0.29, 0.717) is 27.7 Å². The van der Waals surface area contributed by atoms with Crippen LogP contribution in [0.4, 0.5) is 0 Å². The molecule has 0 radical (unpaired) electrons. The summed E-state index contributed by atoms with van der Waals surface area (Å²) in [5.41, 5.74) is 21.7. The monoisotopic (exact) mass is 1420 g/mol. The molecule has 534 valence electrons. The van der Waals surface area contributed by atoms with E-state index in [4.69, 9.17) is 25.8 Å². The Labute approximate surface area is 635 Å². The highest BCUT2D eigenvalue weighted by Gasteiger charge is 2.53. The van der Waals surface area contributed by atoms with Gasteiger partial charge in [0.1, 0.15) is 28.5 Å². The zero-order chi connectivity index (χ0) is 76.7. The first kappa shape index (κ1) is 80.3. The number of methoxy groups -OCH3 is 1. The maximum atomic E-state index is 9.16. The molecule has 0 bridgehead atoms. The molecular formula is C94H100N8OS2. The number of aromatic nitrogens is 4. The van der Waals surface area contributed by atoms with Gasteiger partial charge in [0.15, 0.2) is 0 Å². The minimum Gasteiger partial charge on any atom is -0.496 e. The van der Waals surface area contributed by atoms with Gasteiger partial charge in [0, 0.05) is 50.5 Å². The van der Waals surface area contributed by atoms with Gasteiger partial charge in [-0.15, -0.1) is 22.7 Å². The molecule has 9 aromatic rings. The molecule has 2 saturated carbocycles. The Morgan fingerprint density at radius 3 is 1.34 bits per heavy atom. The van der Waals surface area contributed by atoms with Crippen LogP contribution in [-0.2, 0) is 33.5 Å². The molecule has 12 rings (SSSR count). The van der Waals surface area contributed by atoms with Crippen LogP contribution in [0.2, 0.25) is 0 Å². The quantitative estimate of drug-likeness (QED) is 0.146. The molecule has 3 unspecified atom stereocenters. The highest BCUT2D eigenvalue weighted by molar-refractivity contribution is 7.09. The van der Waals surface area contributed by atoms with E-state index in [2.05, 4.69) is 221 Å². The van der Waals surface area contributed by atoms with Crippen molar-refractivity contribution in [1.82, 2.24) is 19.9 Å². The Balaban J connectivity index is 0.000000167. The van der Waals surface area contributed by atoms with E-state index in [1.54, 1.807) is 34.2 Å². The van der Waals surface area contributed by atoms with Crippen molar-refractivity contribution in [3.8, 4) is 77.4 Å². The Kier molecular flexibility index (Phi) is 26.4. The highest BCUT2D eigenvalue weighted by atomic mass is 32.1. The van der Waals surface area contributed by atoms with Gasteiger partial charge in [0.05, 0.1) is 64.2 Å². The van der Waals surface area contributed by atoms with Crippen molar-refractivity contribution in [3.63, 3.8) is 0 Å². The maximum Gasteiger partial charge on any atom is 0.124 e. The largest absolute Gasteiger partial charge is 0.496 e. The van der Waals surface area contributed by atoms with E-state index in [1.807, 2.05) is 141 Å². The fourth-order valence-electron chi connectivity index (χ4n) is 14.0. The summed E-state index contributed by atoms with van der Waals surface area (Å²) in [5, 5.41) is 41.4. The van der Waals surface area contributed by atoms with Crippen molar-refractivity contribution in [2.45, 2.75) is 203 Å². The van der Waals surface area contributed by atoms with E-state index in [1.165, 1.54) is 55.4 Å². The first-order valence-electron chi connectivity index (χ1n) is 36.2. The van der Waals surface area contributed by atoms with Crippen molar-refractivity contribution in [1.29, 1.82) is 21.0 Å². The molecule has 11 heteroatoms. The molecule has 5 atom stereocenters. The number of nitrogens with zero attached hydrogens (tertiary/aromatic N) is 8. The molecule has 0 aliphatic heterocycles. The summed E-state index contributed by atoms with van der Waals surface area (Å²) >= 11 is 3.11. The minimum atomic E-state index is -0.00905. The third-order valence-corrected chi connectivity index (χ3v) is 21.3. The summed E-state index contributed by atoms with van der Waals surface area (Å²) in [7, 11) is 1.83. The van der Waals surface area contributed by atoms with Crippen LogP contribution in [-0.4, -0.2) is 27.0 Å². The van der Waals surface area contributed by atoms with Crippen LogP contribution < -0.4 is 4.74 Å². The summed E-state index contributed by atoms with van der Waals surface area (Å²) in [6, 6.07) is 48.0. The lowest BCUT2D eigenvalue weighted by Gasteiger charge is -2.51. The van der Waals surface area contributed by atoms with Gasteiger partial charge in [-0.25, -0.2) is 19.9 Å². The van der Waals surface area contributed by atoms with Gasteiger partial charge in [-0.05, 0) is 269 Å². The van der Waals surface area contributed by atoms with Gasteiger partial charge in [-0.3, -0.25) is 0 Å². The fourth-order valence-corrected chi connectivity index (χ4v) is 15.0. The van der Waals surface area contributed by atoms with Crippen LogP contribution in [0.5, 0.6) is 5.75 Å². The average molecular weight is 1420 g/mol. The predicted octanol–water partition coefficient (Wildman–Crippen LogP) is 21.8. The van der Waals surface area contributed by atoms with Gasteiger partial charge >= 0.3 is 0 Å². The van der Waals surface area contributed by atoms with Crippen LogP contribution in [0.15, 0.2) is 144 Å². The second-order valence-electron chi connectivity index (χ2n) is 33.0. The summed E-state index contributed by atoms with van der Waals surface area (Å²) in [4.78, 5) is 17.0. The Bertz CT molecular complexity index is 5020. The molecule has 3 aliphatic rings. The summed E-state index contributed by atoms with van der Waals surface area (Å²) in [6.07, 6.45) is 10.1. The SMILES string of the molecule is CC(C)(C)c1cc(C#N)cc(C#Cc2ccccn2)c1.CC(C)(C)c1cc(C#N)cc(C#Cc2cscn2)c1.COc1ccc2c(c1C(C)(C)C)CCC1C2CC[C@@]2(C)C1CC[C@@H]2C.Cc1cccc(C#Cc2cc(C#N)cc(C(C)(C)C)c2)n1.Cc1nc(C#Cc2cc(C#N)cc(C(C)(C)C)c2)cs1. The van der Waals surface area contributed by atoms with Gasteiger partial charge in [0.2, 0.25) is 0 Å². The van der Waals surface area contributed by atoms with Crippen molar-refractivity contribution in [2.24, 2.45) is 23.2 Å². The number of pyridine rings is 2. The first-order valence-corrected chi connectivity index (χ1v) is 38.0. The second-order valence-corrected chi connectivity index (χ2v) is 34.8. The fraction of sp³-hybridized carbons (Fsp3) is 0.383. The van der Waals surface area contributed by atoms with Crippen molar-refractivity contribution < 1.29 is 4.74 Å². The van der Waals surface area contributed by atoms with E-state index in [-0.39, 0.29) is 27.1 Å². The number of nitriles is 4. The van der Waals surface area contributed by atoms with E-state index < -0.39 is 0 Å². The molecule has 4 aromatic heterocycles. The normalized spacial score (nSPS) is 16.8. The predicted molar refractivity (Wildman–Crippen MR) is 431 cm³/mol. The molecule has 105 heavy (non-hydrogen) atoms. The second kappa shape index (κ2) is 34.5. The van der Waals surface area contributed by atoms with Gasteiger partial charge in [-0.1, -0.05) is 160 Å². The lowest BCUT2D eigenvalue weighted by molar-refractivity contribution is 0.0334. The summed E-state index contributed by atoms with van der Waals surface area (Å²) < 4.78 is 5.77. The van der Waals surface area contributed by atoms with Crippen molar-refractivity contribution in [2.75, 3.05) is 7.11 Å². The highest BCUT2D eigenvalue weighted by Crippen LogP contribution is 2.63. The van der Waals surface area contributed by atoms with E-state index >= 15 is 0 Å². The third kappa shape index (κ3) is 22.1. The Morgan fingerprint density at radius 1 is 0.467 bits per heavy atom. The molecule has 2 fully saturated rings. The minimum absolute atomic E-state index is 0.000505. The van der Waals surface area contributed by atoms with Gasteiger partial charge < -0.3 is 4.74 Å². The zero-order valence-electron chi connectivity index (χ0n) is 65.2. The molecule has 5 aromatic carbocycles. The van der Waals surface area contributed by atoms with Gasteiger partial charge in [-0.2, -0.15) is 21.0 Å². The van der Waals surface area contributed by atoms with Crippen molar-refractivity contribution >= 4 is 22.7 Å². The topological polar surface area (TPSA) is 156 Å². The Morgan fingerprint density at radius 2 is 0.933 bits per heavy atom. The number of hydrogen-bond acceptors (Lipinski definition) is 11. The van der Waals surface area contributed by atoms with Crippen LogP contribution >= 0.6 is 22.7 Å². The smallest absolute Gasteiger partial charge is 0.124 e. The molecule has 0 saturated heterocycles. The molecular weight excluding hydrogens is 1320 g/mol. The molecule has 4 heterocycles. The number of ether oxygens (including phenoxy) is 1. The van der Waals surface area contributed by atoms with Crippen LogP contribution in [0, 0.1) is 130 Å². The van der Waals surface area contributed by atoms with E-state index in [9.17, 15) is 0 Å². The van der Waals surface area contributed by atoms with Gasteiger partial charge in [0.25, 0.3) is 0 Å². The van der Waals surface area contributed by atoms with Crippen LogP contribution in [0.25, 0.3) is 0 Å². The number of rotatable bonds is 1.